The molecule has 0 aromatic rings. The number of hydrogen-bond acceptors (Lipinski definition) is 4. The summed E-state index contributed by atoms with van der Waals surface area (Å²) < 4.78 is 4.49. The number of imide groups is 1. The van der Waals surface area contributed by atoms with Crippen LogP contribution in [0.25, 0.3) is 0 Å². The van der Waals surface area contributed by atoms with Crippen LogP contribution in [-0.2, 0) is 9.53 Å². The number of likely N-dealkylation sites (N-methyl/N-ethyl adjacent to an activating group) is 1. The summed E-state index contributed by atoms with van der Waals surface area (Å²) in [6, 6.07) is 0. The van der Waals surface area contributed by atoms with E-state index in [4.69, 9.17) is 0 Å². The van der Waals surface area contributed by atoms with Gasteiger partial charge in [0.25, 0.3) is 0 Å². The van der Waals surface area contributed by atoms with Gasteiger partial charge in [-0.2, -0.15) is 0 Å². The first-order valence-corrected chi connectivity index (χ1v) is 3.88. The van der Waals surface area contributed by atoms with Crippen molar-refractivity contribution in [2.45, 2.75) is 13.8 Å². The van der Waals surface area contributed by atoms with Crippen LogP contribution in [-0.4, -0.2) is 31.7 Å². The van der Waals surface area contributed by atoms with Crippen molar-refractivity contribution in [2.24, 2.45) is 0 Å². The van der Waals surface area contributed by atoms with Crippen molar-refractivity contribution < 1.29 is 14.3 Å². The summed E-state index contributed by atoms with van der Waals surface area (Å²) in [7, 11) is 0. The number of alkyl carbamates (subject to hydrolysis) is 1. The molecule has 0 radical (unpaired) electrons. The van der Waals surface area contributed by atoms with Crippen LogP contribution in [0.1, 0.15) is 13.8 Å². The minimum Gasteiger partial charge on any atom is -0.450 e. The molecule has 2 amide bonds. The highest BCUT2D eigenvalue weighted by atomic mass is 16.5. The van der Waals surface area contributed by atoms with Crippen LogP contribution in [0.15, 0.2) is 0 Å². The second-order valence-electron chi connectivity index (χ2n) is 2.05. The SMILES string of the molecule is CCNCC(=O)NC(=O)OCC. The maximum atomic E-state index is 10.8. The molecular weight excluding hydrogens is 160 g/mol. The lowest BCUT2D eigenvalue weighted by molar-refractivity contribution is -0.119. The molecule has 0 aliphatic heterocycles. The first-order valence-electron chi connectivity index (χ1n) is 3.88. The second kappa shape index (κ2) is 6.60. The molecule has 0 rings (SSSR count). The number of amides is 2. The molecule has 0 saturated carbocycles. The second-order valence-corrected chi connectivity index (χ2v) is 2.05. The number of rotatable bonds is 4. The molecule has 0 saturated heterocycles. The normalized spacial score (nSPS) is 9.17. The Bertz CT molecular complexity index is 159. The van der Waals surface area contributed by atoms with Gasteiger partial charge in [0.1, 0.15) is 0 Å². The van der Waals surface area contributed by atoms with Crippen molar-refractivity contribution in [3.05, 3.63) is 0 Å². The maximum Gasteiger partial charge on any atom is 0.413 e. The van der Waals surface area contributed by atoms with Gasteiger partial charge in [0.15, 0.2) is 0 Å². The first kappa shape index (κ1) is 10.9. The molecule has 5 heteroatoms. The van der Waals surface area contributed by atoms with Crippen molar-refractivity contribution in [3.8, 4) is 0 Å². The van der Waals surface area contributed by atoms with Gasteiger partial charge in [-0.25, -0.2) is 4.79 Å². The third-order valence-corrected chi connectivity index (χ3v) is 1.05. The molecule has 0 aromatic heterocycles. The Hall–Kier alpha value is -1.10. The van der Waals surface area contributed by atoms with E-state index >= 15 is 0 Å². The Labute approximate surface area is 71.5 Å². The average Bonchev–Trinajstić information content (AvgIpc) is 2.01. The van der Waals surface area contributed by atoms with Crippen LogP contribution in [0.3, 0.4) is 0 Å². The summed E-state index contributed by atoms with van der Waals surface area (Å²) in [6.45, 7) is 4.64. The number of hydrogen-bond donors (Lipinski definition) is 2. The van der Waals surface area contributed by atoms with Crippen LogP contribution in [0.2, 0.25) is 0 Å². The van der Waals surface area contributed by atoms with Crippen LogP contribution in [0.5, 0.6) is 0 Å². The molecule has 0 unspecified atom stereocenters. The van der Waals surface area contributed by atoms with Crippen LogP contribution in [0, 0.1) is 0 Å². The van der Waals surface area contributed by atoms with Gasteiger partial charge < -0.3 is 10.1 Å². The molecule has 70 valence electrons. The highest BCUT2D eigenvalue weighted by molar-refractivity contribution is 5.92. The smallest absolute Gasteiger partial charge is 0.413 e. The van der Waals surface area contributed by atoms with Crippen LogP contribution < -0.4 is 10.6 Å². The number of carbonyl (C=O) groups excluding carboxylic acids is 2. The van der Waals surface area contributed by atoms with E-state index in [9.17, 15) is 9.59 Å². The predicted molar refractivity (Wildman–Crippen MR) is 43.7 cm³/mol. The van der Waals surface area contributed by atoms with E-state index in [0.717, 1.165) is 0 Å². The van der Waals surface area contributed by atoms with Crippen molar-refractivity contribution in [1.29, 1.82) is 0 Å². The molecule has 0 aromatic carbocycles. The van der Waals surface area contributed by atoms with Crippen molar-refractivity contribution in [1.82, 2.24) is 10.6 Å². The molecule has 2 N–H and O–H groups in total. The number of ether oxygens (including phenoxy) is 1. The Morgan fingerprint density at radius 3 is 2.50 bits per heavy atom. The Morgan fingerprint density at radius 1 is 1.33 bits per heavy atom. The zero-order chi connectivity index (χ0) is 9.40. The molecule has 5 nitrogen and oxygen atoms in total. The Balaban J connectivity index is 3.47. The summed E-state index contributed by atoms with van der Waals surface area (Å²) in [4.78, 5) is 21.4. The van der Waals surface area contributed by atoms with Gasteiger partial charge in [0.2, 0.25) is 5.91 Å². The number of carbonyl (C=O) groups is 2. The van der Waals surface area contributed by atoms with Gasteiger partial charge in [0.05, 0.1) is 13.2 Å². The fraction of sp³-hybridized carbons (Fsp3) is 0.714. The zero-order valence-electron chi connectivity index (χ0n) is 7.35. The molecule has 0 aliphatic rings. The standard InChI is InChI=1S/C7H14N2O3/c1-3-8-5-6(10)9-7(11)12-4-2/h8H,3-5H2,1-2H3,(H,9,10,11). The Kier molecular flexibility index (Phi) is 6.00. The molecule has 0 heterocycles. The quantitative estimate of drug-likeness (QED) is 0.623. The lowest BCUT2D eigenvalue weighted by Crippen LogP contribution is -2.37. The topological polar surface area (TPSA) is 67.4 Å². The van der Waals surface area contributed by atoms with Crippen molar-refractivity contribution in [2.75, 3.05) is 19.7 Å². The maximum absolute atomic E-state index is 10.8. The fourth-order valence-electron chi connectivity index (χ4n) is 0.564. The highest BCUT2D eigenvalue weighted by Gasteiger charge is 2.05. The van der Waals surface area contributed by atoms with Gasteiger partial charge in [-0.3, -0.25) is 10.1 Å². The van der Waals surface area contributed by atoms with Gasteiger partial charge in [-0.15, -0.1) is 0 Å². The molecule has 0 aliphatic carbocycles. The molecule has 0 spiro atoms. The summed E-state index contributed by atoms with van der Waals surface area (Å²) in [6.07, 6.45) is -0.694. The lowest BCUT2D eigenvalue weighted by atomic mass is 10.5. The van der Waals surface area contributed by atoms with E-state index in [1.54, 1.807) is 6.92 Å². The third kappa shape index (κ3) is 5.67. The first-order chi connectivity index (χ1) is 5.70. The van der Waals surface area contributed by atoms with E-state index in [-0.39, 0.29) is 19.1 Å². The largest absolute Gasteiger partial charge is 0.450 e. The molecule has 0 atom stereocenters. The summed E-state index contributed by atoms with van der Waals surface area (Å²) in [5.74, 6) is -0.379. The van der Waals surface area contributed by atoms with Crippen LogP contribution in [0.4, 0.5) is 4.79 Å². The molecule has 0 fully saturated rings. The average molecular weight is 174 g/mol. The fourth-order valence-corrected chi connectivity index (χ4v) is 0.564. The Morgan fingerprint density at radius 2 is 2.00 bits per heavy atom. The summed E-state index contributed by atoms with van der Waals surface area (Å²) in [5, 5.41) is 4.83. The van der Waals surface area contributed by atoms with E-state index in [1.807, 2.05) is 6.92 Å². The van der Waals surface area contributed by atoms with E-state index in [1.165, 1.54) is 0 Å². The van der Waals surface area contributed by atoms with Gasteiger partial charge in [-0.05, 0) is 13.5 Å². The van der Waals surface area contributed by atoms with E-state index < -0.39 is 6.09 Å². The molecular formula is C7H14N2O3. The predicted octanol–water partition coefficient (Wildman–Crippen LogP) is -0.131. The van der Waals surface area contributed by atoms with Gasteiger partial charge >= 0.3 is 6.09 Å². The van der Waals surface area contributed by atoms with Crippen molar-refractivity contribution in [3.63, 3.8) is 0 Å². The van der Waals surface area contributed by atoms with E-state index in [0.29, 0.717) is 6.54 Å². The molecule has 0 bridgehead atoms. The number of nitrogens with one attached hydrogen (secondary N) is 2. The van der Waals surface area contributed by atoms with Gasteiger partial charge in [0, 0.05) is 0 Å². The third-order valence-electron chi connectivity index (χ3n) is 1.05. The highest BCUT2D eigenvalue weighted by Crippen LogP contribution is 1.75. The summed E-state index contributed by atoms with van der Waals surface area (Å²) >= 11 is 0. The van der Waals surface area contributed by atoms with Crippen LogP contribution >= 0.6 is 0 Å². The minimum absolute atomic E-state index is 0.134. The summed E-state index contributed by atoms with van der Waals surface area (Å²) in [5.41, 5.74) is 0. The van der Waals surface area contributed by atoms with Gasteiger partial charge in [-0.1, -0.05) is 6.92 Å². The molecule has 12 heavy (non-hydrogen) atoms. The monoisotopic (exact) mass is 174 g/mol. The lowest BCUT2D eigenvalue weighted by Gasteiger charge is -2.03. The van der Waals surface area contributed by atoms with E-state index in [2.05, 4.69) is 15.4 Å². The minimum atomic E-state index is -0.694. The van der Waals surface area contributed by atoms with Crippen molar-refractivity contribution >= 4 is 12.0 Å². The zero-order valence-corrected chi connectivity index (χ0v) is 7.35.